The molecule has 0 saturated heterocycles. The Bertz CT molecular complexity index is 1160. The molecule has 158 valence electrons. The Morgan fingerprint density at radius 1 is 0.968 bits per heavy atom. The molecule has 4 rings (SSSR count). The van der Waals surface area contributed by atoms with E-state index in [0.29, 0.717) is 17.7 Å². The topological polar surface area (TPSA) is 83.7 Å². The minimum Gasteiger partial charge on any atom is -0.455 e. The van der Waals surface area contributed by atoms with Crippen LogP contribution in [0.2, 0.25) is 0 Å². The quantitative estimate of drug-likeness (QED) is 0.361. The number of fused-ring (bicyclic) bond motifs is 1. The highest BCUT2D eigenvalue weighted by Gasteiger charge is 2.28. The fraction of sp³-hybridized carbons (Fsp3) is 0.208. The fourth-order valence-electron chi connectivity index (χ4n) is 3.61. The Morgan fingerprint density at radius 2 is 1.68 bits per heavy atom. The van der Waals surface area contributed by atoms with Crippen molar-refractivity contribution in [2.45, 2.75) is 33.1 Å². The van der Waals surface area contributed by atoms with Crippen molar-refractivity contribution < 1.29 is 14.0 Å². The third-order valence-corrected chi connectivity index (χ3v) is 5.96. The first kappa shape index (κ1) is 21.3. The summed E-state index contributed by atoms with van der Waals surface area (Å²) in [7, 11) is 0. The van der Waals surface area contributed by atoms with E-state index in [0.717, 1.165) is 44.6 Å². The average molecular weight is 527 g/mol. The molecule has 2 N–H and O–H groups in total. The lowest BCUT2D eigenvalue weighted by Crippen LogP contribution is -2.22. The number of carbonyl (C=O) groups is 2. The van der Waals surface area contributed by atoms with Gasteiger partial charge in [0.2, 0.25) is 0 Å². The number of anilines is 1. The van der Waals surface area contributed by atoms with Crippen LogP contribution in [0.5, 0.6) is 0 Å². The number of rotatable bonds is 4. The second-order valence-corrected chi connectivity index (χ2v) is 8.78. The number of hydrogen-bond acceptors (Lipinski definition) is 4. The van der Waals surface area contributed by atoms with Gasteiger partial charge in [0, 0.05) is 32.4 Å². The van der Waals surface area contributed by atoms with Crippen LogP contribution in [0.4, 0.5) is 5.69 Å². The van der Waals surface area contributed by atoms with Crippen LogP contribution < -0.4 is 10.7 Å². The Kier molecular flexibility index (Phi) is 6.22. The van der Waals surface area contributed by atoms with Gasteiger partial charge < -0.3 is 9.73 Å². The predicted molar refractivity (Wildman–Crippen MR) is 129 cm³/mol. The molecule has 0 aliphatic heterocycles. The van der Waals surface area contributed by atoms with Crippen molar-refractivity contribution in [3.8, 4) is 0 Å². The van der Waals surface area contributed by atoms with E-state index >= 15 is 0 Å². The number of carbonyl (C=O) groups excluding carboxylic acids is 2. The van der Waals surface area contributed by atoms with Gasteiger partial charge in [0.05, 0.1) is 5.71 Å². The summed E-state index contributed by atoms with van der Waals surface area (Å²) in [6.07, 6.45) is 2.29. The van der Waals surface area contributed by atoms with Crippen LogP contribution >= 0.6 is 22.6 Å². The second kappa shape index (κ2) is 9.05. The molecule has 2 amide bonds. The van der Waals surface area contributed by atoms with Crippen LogP contribution in [0, 0.1) is 17.4 Å². The van der Waals surface area contributed by atoms with Crippen LogP contribution in [-0.2, 0) is 6.42 Å². The van der Waals surface area contributed by atoms with E-state index in [1.54, 1.807) is 12.1 Å². The Morgan fingerprint density at radius 3 is 2.39 bits per heavy atom. The molecular formula is C24H22IN3O3. The Hall–Kier alpha value is -2.94. The van der Waals surface area contributed by atoms with E-state index < -0.39 is 0 Å². The highest BCUT2D eigenvalue weighted by molar-refractivity contribution is 14.1. The molecule has 6 nitrogen and oxygen atoms in total. The van der Waals surface area contributed by atoms with Crippen LogP contribution in [0.25, 0.3) is 0 Å². The number of aryl methyl sites for hydroxylation is 2. The summed E-state index contributed by atoms with van der Waals surface area (Å²) in [5, 5.41) is 7.26. The highest BCUT2D eigenvalue weighted by atomic mass is 127. The Balaban J connectivity index is 1.55. The van der Waals surface area contributed by atoms with Crippen molar-refractivity contribution in [3.05, 3.63) is 85.9 Å². The standard InChI is InChI=1S/C24H22IN3O3/c1-14-6-8-16(9-7-14)23(29)28-27-19-4-3-5-20-21(19)15(2)22(31-20)24(30)26-18-12-10-17(25)11-13-18/h6-13H,3-5H2,1-2H3,(H,26,30)(H,28,29)/b27-19+. The molecule has 0 saturated carbocycles. The third-order valence-electron chi connectivity index (χ3n) is 5.24. The zero-order valence-corrected chi connectivity index (χ0v) is 19.4. The second-order valence-electron chi connectivity index (χ2n) is 7.53. The van der Waals surface area contributed by atoms with Gasteiger partial charge in [-0.15, -0.1) is 0 Å². The van der Waals surface area contributed by atoms with E-state index in [1.807, 2.05) is 50.2 Å². The van der Waals surface area contributed by atoms with Crippen LogP contribution in [0.15, 0.2) is 58.0 Å². The van der Waals surface area contributed by atoms with Gasteiger partial charge in [-0.2, -0.15) is 5.10 Å². The SMILES string of the molecule is Cc1ccc(C(=O)N/N=C2\CCCc3oc(C(=O)Nc4ccc(I)cc4)c(C)c32)cc1. The molecule has 1 aliphatic carbocycles. The van der Waals surface area contributed by atoms with E-state index in [2.05, 4.69) is 38.4 Å². The largest absolute Gasteiger partial charge is 0.455 e. The lowest BCUT2D eigenvalue weighted by atomic mass is 9.93. The number of hydrogen-bond donors (Lipinski definition) is 2. The smallest absolute Gasteiger partial charge is 0.291 e. The van der Waals surface area contributed by atoms with Gasteiger partial charge in [-0.3, -0.25) is 9.59 Å². The minimum atomic E-state index is -0.295. The van der Waals surface area contributed by atoms with Gasteiger partial charge in [-0.25, -0.2) is 5.43 Å². The maximum absolute atomic E-state index is 12.8. The van der Waals surface area contributed by atoms with Crippen LogP contribution in [0.1, 0.15) is 56.2 Å². The zero-order valence-electron chi connectivity index (χ0n) is 17.3. The molecule has 0 unspecified atom stereocenters. The molecule has 1 heterocycles. The number of furan rings is 1. The number of halogens is 1. The lowest BCUT2D eigenvalue weighted by Gasteiger charge is -2.13. The minimum absolute atomic E-state index is 0.266. The van der Waals surface area contributed by atoms with Crippen molar-refractivity contribution in [3.63, 3.8) is 0 Å². The molecule has 1 aliphatic rings. The van der Waals surface area contributed by atoms with E-state index in [9.17, 15) is 9.59 Å². The van der Waals surface area contributed by atoms with Gasteiger partial charge in [0.15, 0.2) is 5.76 Å². The first-order valence-electron chi connectivity index (χ1n) is 10.1. The lowest BCUT2D eigenvalue weighted by molar-refractivity contribution is 0.0953. The summed E-state index contributed by atoms with van der Waals surface area (Å²) in [6, 6.07) is 14.9. The van der Waals surface area contributed by atoms with Gasteiger partial charge in [0.25, 0.3) is 11.8 Å². The van der Waals surface area contributed by atoms with Crippen LogP contribution in [0.3, 0.4) is 0 Å². The number of nitrogens with zero attached hydrogens (tertiary/aromatic N) is 1. The predicted octanol–water partition coefficient (Wildman–Crippen LogP) is 5.22. The summed E-state index contributed by atoms with van der Waals surface area (Å²) in [6.45, 7) is 3.83. The summed E-state index contributed by atoms with van der Waals surface area (Å²) in [5.41, 5.74) is 7.28. The van der Waals surface area contributed by atoms with Crippen molar-refractivity contribution in [1.29, 1.82) is 0 Å². The molecule has 0 spiro atoms. The van der Waals surface area contributed by atoms with Gasteiger partial charge in [0.1, 0.15) is 5.76 Å². The normalized spacial score (nSPS) is 14.2. The molecular weight excluding hydrogens is 505 g/mol. The highest BCUT2D eigenvalue weighted by Crippen LogP contribution is 2.30. The number of benzene rings is 2. The van der Waals surface area contributed by atoms with Crippen LogP contribution in [-0.4, -0.2) is 17.5 Å². The Labute approximate surface area is 194 Å². The maximum atomic E-state index is 12.8. The zero-order chi connectivity index (χ0) is 22.0. The summed E-state index contributed by atoms with van der Waals surface area (Å²) >= 11 is 2.22. The summed E-state index contributed by atoms with van der Waals surface area (Å²) < 4.78 is 7.01. The van der Waals surface area contributed by atoms with Crippen molar-refractivity contribution in [2.75, 3.05) is 5.32 Å². The third kappa shape index (κ3) is 4.71. The first-order valence-corrected chi connectivity index (χ1v) is 11.1. The molecule has 31 heavy (non-hydrogen) atoms. The molecule has 0 bridgehead atoms. The van der Waals surface area contributed by atoms with Crippen molar-refractivity contribution in [1.82, 2.24) is 5.43 Å². The maximum Gasteiger partial charge on any atom is 0.291 e. The monoisotopic (exact) mass is 527 g/mol. The summed E-state index contributed by atoms with van der Waals surface area (Å²) in [5.74, 6) is 0.455. The molecule has 0 atom stereocenters. The molecule has 7 heteroatoms. The first-order chi connectivity index (χ1) is 14.9. The van der Waals surface area contributed by atoms with Gasteiger partial charge in [-0.1, -0.05) is 17.7 Å². The molecule has 0 fully saturated rings. The molecule has 2 aromatic carbocycles. The van der Waals surface area contributed by atoms with Gasteiger partial charge in [-0.05, 0) is 85.7 Å². The van der Waals surface area contributed by atoms with Crippen molar-refractivity contribution in [2.24, 2.45) is 5.10 Å². The molecule has 0 radical (unpaired) electrons. The van der Waals surface area contributed by atoms with Crippen molar-refractivity contribution >= 4 is 45.8 Å². The van der Waals surface area contributed by atoms with E-state index in [4.69, 9.17) is 4.42 Å². The van der Waals surface area contributed by atoms with E-state index in [-0.39, 0.29) is 17.6 Å². The van der Waals surface area contributed by atoms with Gasteiger partial charge >= 0.3 is 0 Å². The molecule has 3 aromatic rings. The van der Waals surface area contributed by atoms with E-state index in [1.165, 1.54) is 0 Å². The number of nitrogens with one attached hydrogen (secondary N) is 2. The number of amides is 2. The molecule has 1 aromatic heterocycles. The summed E-state index contributed by atoms with van der Waals surface area (Å²) in [4.78, 5) is 25.2. The average Bonchev–Trinajstić information content (AvgIpc) is 3.11. The fourth-order valence-corrected chi connectivity index (χ4v) is 3.97. The number of hydrazone groups is 1.